The van der Waals surface area contributed by atoms with Gasteiger partial charge < -0.3 is 16.4 Å². The van der Waals surface area contributed by atoms with Crippen LogP contribution in [0, 0.1) is 5.92 Å². The van der Waals surface area contributed by atoms with E-state index >= 15 is 0 Å². The maximum Gasteiger partial charge on any atom is 0.239 e. The molecule has 1 aliphatic heterocycles. The van der Waals surface area contributed by atoms with Gasteiger partial charge in [0, 0.05) is 19.1 Å². The molecule has 6 nitrogen and oxygen atoms in total. The maximum absolute atomic E-state index is 11.7. The Hall–Kier alpha value is -1.14. The standard InChI is InChI=1S/C16H32N4O2/c1-4-13-7-5-6-9-20(13)10-8-18-14(21)11-19-16(22)15(17)12(2)3/h12-13,15H,4-11,17H2,1-3H3,(H,18,21)(H,19,22)/t13?,15-/m0/s1. The lowest BCUT2D eigenvalue weighted by Gasteiger charge is -2.35. The zero-order chi connectivity index (χ0) is 16.5. The van der Waals surface area contributed by atoms with E-state index in [1.165, 1.54) is 19.3 Å². The molecule has 6 heteroatoms. The molecule has 22 heavy (non-hydrogen) atoms. The molecule has 1 unspecified atom stereocenters. The van der Waals surface area contributed by atoms with Crippen molar-refractivity contribution in [2.45, 2.75) is 58.5 Å². The number of hydrogen-bond acceptors (Lipinski definition) is 4. The third-order valence-electron chi connectivity index (χ3n) is 4.39. The lowest BCUT2D eigenvalue weighted by atomic mass is 10.0. The molecule has 1 aliphatic rings. The number of likely N-dealkylation sites (tertiary alicyclic amines) is 1. The molecule has 0 saturated carbocycles. The van der Waals surface area contributed by atoms with E-state index in [1.54, 1.807) is 0 Å². The summed E-state index contributed by atoms with van der Waals surface area (Å²) in [6, 6.07) is 0.0841. The van der Waals surface area contributed by atoms with Crippen LogP contribution in [0.25, 0.3) is 0 Å². The van der Waals surface area contributed by atoms with Crippen LogP contribution in [0.1, 0.15) is 46.5 Å². The van der Waals surface area contributed by atoms with Crippen LogP contribution in [-0.2, 0) is 9.59 Å². The summed E-state index contributed by atoms with van der Waals surface area (Å²) in [4.78, 5) is 25.9. The summed E-state index contributed by atoms with van der Waals surface area (Å²) in [5, 5.41) is 5.44. The number of rotatable bonds is 8. The number of carbonyl (C=O) groups excluding carboxylic acids is 2. The van der Waals surface area contributed by atoms with E-state index in [2.05, 4.69) is 22.5 Å². The highest BCUT2D eigenvalue weighted by Crippen LogP contribution is 2.18. The quantitative estimate of drug-likeness (QED) is 0.608. The van der Waals surface area contributed by atoms with E-state index in [0.717, 1.165) is 19.5 Å². The van der Waals surface area contributed by atoms with Crippen molar-refractivity contribution >= 4 is 11.8 Å². The largest absolute Gasteiger partial charge is 0.353 e. The van der Waals surface area contributed by atoms with Gasteiger partial charge in [-0.3, -0.25) is 14.5 Å². The first-order valence-corrected chi connectivity index (χ1v) is 8.49. The third-order valence-corrected chi connectivity index (χ3v) is 4.39. The second-order valence-corrected chi connectivity index (χ2v) is 6.43. The van der Waals surface area contributed by atoms with Gasteiger partial charge in [0.15, 0.2) is 0 Å². The number of nitrogens with one attached hydrogen (secondary N) is 2. The van der Waals surface area contributed by atoms with E-state index in [4.69, 9.17) is 5.73 Å². The van der Waals surface area contributed by atoms with E-state index in [-0.39, 0.29) is 24.3 Å². The molecule has 1 heterocycles. The molecule has 1 rings (SSSR count). The van der Waals surface area contributed by atoms with Crippen LogP contribution in [0.15, 0.2) is 0 Å². The van der Waals surface area contributed by atoms with Gasteiger partial charge in [0.1, 0.15) is 0 Å². The van der Waals surface area contributed by atoms with Gasteiger partial charge in [-0.05, 0) is 31.7 Å². The zero-order valence-corrected chi connectivity index (χ0v) is 14.2. The monoisotopic (exact) mass is 312 g/mol. The van der Waals surface area contributed by atoms with E-state index in [0.29, 0.717) is 12.6 Å². The molecule has 0 aromatic rings. The van der Waals surface area contributed by atoms with Crippen LogP contribution in [0.3, 0.4) is 0 Å². The number of nitrogens with two attached hydrogens (primary N) is 1. The number of nitrogens with zero attached hydrogens (tertiary/aromatic N) is 1. The molecule has 0 spiro atoms. The van der Waals surface area contributed by atoms with Crippen molar-refractivity contribution < 1.29 is 9.59 Å². The van der Waals surface area contributed by atoms with E-state index < -0.39 is 6.04 Å². The SMILES string of the molecule is CCC1CCCCN1CCNC(=O)CNC(=O)[C@@H](N)C(C)C. The van der Waals surface area contributed by atoms with Crippen molar-refractivity contribution in [3.05, 3.63) is 0 Å². The van der Waals surface area contributed by atoms with Gasteiger partial charge >= 0.3 is 0 Å². The molecule has 0 aromatic heterocycles. The van der Waals surface area contributed by atoms with Gasteiger partial charge in [-0.15, -0.1) is 0 Å². The fourth-order valence-electron chi connectivity index (χ4n) is 2.81. The highest BCUT2D eigenvalue weighted by molar-refractivity contribution is 5.87. The van der Waals surface area contributed by atoms with Crippen molar-refractivity contribution in [3.63, 3.8) is 0 Å². The van der Waals surface area contributed by atoms with Crippen molar-refractivity contribution in [2.24, 2.45) is 11.7 Å². The Morgan fingerprint density at radius 1 is 1.27 bits per heavy atom. The molecular formula is C16H32N4O2. The van der Waals surface area contributed by atoms with Crippen molar-refractivity contribution in [1.29, 1.82) is 0 Å². The summed E-state index contributed by atoms with van der Waals surface area (Å²) < 4.78 is 0. The molecule has 0 aromatic carbocycles. The molecule has 128 valence electrons. The summed E-state index contributed by atoms with van der Waals surface area (Å²) in [5.74, 6) is -0.366. The minimum atomic E-state index is -0.563. The molecule has 0 radical (unpaired) electrons. The normalized spacial score (nSPS) is 20.7. The highest BCUT2D eigenvalue weighted by Gasteiger charge is 2.20. The molecular weight excluding hydrogens is 280 g/mol. The van der Waals surface area contributed by atoms with E-state index in [9.17, 15) is 9.59 Å². The van der Waals surface area contributed by atoms with E-state index in [1.807, 2.05) is 13.8 Å². The summed E-state index contributed by atoms with van der Waals surface area (Å²) >= 11 is 0. The Bertz CT molecular complexity index is 360. The molecule has 2 amide bonds. The van der Waals surface area contributed by atoms with Gasteiger partial charge in [0.25, 0.3) is 0 Å². The number of carbonyl (C=O) groups is 2. The minimum absolute atomic E-state index is 0.00351. The Labute approximate surface area is 134 Å². The number of piperidine rings is 1. The Morgan fingerprint density at radius 2 is 2.00 bits per heavy atom. The summed E-state index contributed by atoms with van der Waals surface area (Å²) in [5.41, 5.74) is 5.72. The van der Waals surface area contributed by atoms with Gasteiger partial charge in [0.05, 0.1) is 12.6 Å². The first kappa shape index (κ1) is 18.9. The second-order valence-electron chi connectivity index (χ2n) is 6.43. The number of amides is 2. The van der Waals surface area contributed by atoms with Crippen LogP contribution in [-0.4, -0.2) is 55.0 Å². The highest BCUT2D eigenvalue weighted by atomic mass is 16.2. The fourth-order valence-corrected chi connectivity index (χ4v) is 2.81. The van der Waals surface area contributed by atoms with Crippen LogP contribution < -0.4 is 16.4 Å². The van der Waals surface area contributed by atoms with Crippen molar-refractivity contribution in [3.8, 4) is 0 Å². The number of hydrogen-bond donors (Lipinski definition) is 3. The molecule has 4 N–H and O–H groups in total. The first-order valence-electron chi connectivity index (χ1n) is 8.49. The second kappa shape index (κ2) is 9.79. The van der Waals surface area contributed by atoms with Crippen LogP contribution >= 0.6 is 0 Å². The van der Waals surface area contributed by atoms with Gasteiger partial charge in [-0.1, -0.05) is 27.2 Å². The molecule has 0 bridgehead atoms. The summed E-state index contributed by atoms with van der Waals surface area (Å²) in [6.45, 7) is 8.60. The first-order chi connectivity index (χ1) is 10.5. The molecule has 0 aliphatic carbocycles. The van der Waals surface area contributed by atoms with Gasteiger partial charge in [-0.2, -0.15) is 0 Å². The molecule has 1 fully saturated rings. The lowest BCUT2D eigenvalue weighted by Crippen LogP contribution is -2.48. The van der Waals surface area contributed by atoms with Crippen LogP contribution in [0.2, 0.25) is 0 Å². The lowest BCUT2D eigenvalue weighted by molar-refractivity contribution is -0.127. The smallest absolute Gasteiger partial charge is 0.239 e. The fraction of sp³-hybridized carbons (Fsp3) is 0.875. The average molecular weight is 312 g/mol. The predicted octanol–water partition coefficient (Wildman–Crippen LogP) is 0.467. The van der Waals surface area contributed by atoms with Crippen LogP contribution in [0.5, 0.6) is 0 Å². The van der Waals surface area contributed by atoms with Gasteiger partial charge in [-0.25, -0.2) is 0 Å². The molecule has 1 saturated heterocycles. The van der Waals surface area contributed by atoms with Crippen LogP contribution in [0.4, 0.5) is 0 Å². The Morgan fingerprint density at radius 3 is 2.64 bits per heavy atom. The van der Waals surface area contributed by atoms with Crippen molar-refractivity contribution in [1.82, 2.24) is 15.5 Å². The summed E-state index contributed by atoms with van der Waals surface area (Å²) in [7, 11) is 0. The van der Waals surface area contributed by atoms with Crippen molar-refractivity contribution in [2.75, 3.05) is 26.2 Å². The Kier molecular flexibility index (Phi) is 8.42. The molecule has 2 atom stereocenters. The maximum atomic E-state index is 11.7. The summed E-state index contributed by atoms with van der Waals surface area (Å²) in [6.07, 6.45) is 4.97. The predicted molar refractivity (Wildman–Crippen MR) is 88.3 cm³/mol. The minimum Gasteiger partial charge on any atom is -0.353 e. The third kappa shape index (κ3) is 6.32. The van der Waals surface area contributed by atoms with Gasteiger partial charge in [0.2, 0.25) is 11.8 Å². The topological polar surface area (TPSA) is 87.5 Å². The Balaban J connectivity index is 2.19. The zero-order valence-electron chi connectivity index (χ0n) is 14.2. The average Bonchev–Trinajstić information content (AvgIpc) is 2.52.